The third kappa shape index (κ3) is 4.96. The molecule has 0 bridgehead atoms. The van der Waals surface area contributed by atoms with Gasteiger partial charge in [-0.15, -0.1) is 0 Å². The highest BCUT2D eigenvalue weighted by atomic mass is 19.4. The number of aliphatic imine (C=N–C) groups is 1. The van der Waals surface area contributed by atoms with E-state index in [0.717, 1.165) is 12.6 Å². The summed E-state index contributed by atoms with van der Waals surface area (Å²) in [4.78, 5) is 10.6. The second-order valence-corrected chi connectivity index (χ2v) is 7.83. The predicted octanol–water partition coefficient (Wildman–Crippen LogP) is 4.55. The van der Waals surface area contributed by atoms with Crippen LogP contribution in [-0.2, 0) is 10.9 Å². The van der Waals surface area contributed by atoms with E-state index in [-0.39, 0.29) is 28.2 Å². The largest absolute Gasteiger partial charge is 0.494 e. The fraction of sp³-hybridized carbons (Fsp3) is 0.348. The number of methoxy groups -OCH3 is 1. The van der Waals surface area contributed by atoms with Gasteiger partial charge in [-0.3, -0.25) is 9.89 Å². The van der Waals surface area contributed by atoms with Crippen LogP contribution in [0.1, 0.15) is 11.1 Å². The Labute approximate surface area is 188 Å². The molecular formula is C23H24F4N4O2. The summed E-state index contributed by atoms with van der Waals surface area (Å²) < 4.78 is 60.9. The van der Waals surface area contributed by atoms with Crippen molar-refractivity contribution in [3.63, 3.8) is 0 Å². The lowest BCUT2D eigenvalue weighted by atomic mass is 10.1. The molecule has 4 rings (SSSR count). The van der Waals surface area contributed by atoms with Crippen molar-refractivity contribution in [2.75, 3.05) is 51.3 Å². The van der Waals surface area contributed by atoms with E-state index in [1.165, 1.54) is 30.5 Å². The van der Waals surface area contributed by atoms with E-state index in [2.05, 4.69) is 14.9 Å². The predicted molar refractivity (Wildman–Crippen MR) is 119 cm³/mol. The molecule has 1 aliphatic rings. The van der Waals surface area contributed by atoms with Crippen molar-refractivity contribution in [2.24, 2.45) is 4.99 Å². The van der Waals surface area contributed by atoms with Crippen LogP contribution in [0.25, 0.3) is 10.9 Å². The van der Waals surface area contributed by atoms with Crippen molar-refractivity contribution < 1.29 is 27.4 Å². The van der Waals surface area contributed by atoms with Crippen molar-refractivity contribution in [2.45, 2.75) is 6.18 Å². The topological polar surface area (TPSA) is 64.1 Å². The zero-order valence-corrected chi connectivity index (χ0v) is 18.0. The van der Waals surface area contributed by atoms with Crippen LogP contribution in [-0.4, -0.2) is 67.6 Å². The fourth-order valence-corrected chi connectivity index (χ4v) is 4.02. The summed E-state index contributed by atoms with van der Waals surface area (Å²) >= 11 is 0. The molecule has 0 saturated carbocycles. The molecule has 0 spiro atoms. The minimum Gasteiger partial charge on any atom is -0.494 e. The zero-order chi connectivity index (χ0) is 23.6. The van der Waals surface area contributed by atoms with Crippen molar-refractivity contribution in [3.8, 4) is 5.88 Å². The van der Waals surface area contributed by atoms with Crippen molar-refractivity contribution in [3.05, 3.63) is 53.3 Å². The van der Waals surface area contributed by atoms with E-state index in [1.807, 2.05) is 0 Å². The second-order valence-electron chi connectivity index (χ2n) is 7.83. The SMILES string of the molecule is COCCN1CCN(c2ccc(N=Cc3c(O)[nH]c4cccc(F)c34)cc2C(F)(F)F)CC1. The van der Waals surface area contributed by atoms with Crippen LogP contribution in [0.2, 0.25) is 0 Å². The van der Waals surface area contributed by atoms with Gasteiger partial charge in [0, 0.05) is 57.1 Å². The Morgan fingerprint density at radius 1 is 1.15 bits per heavy atom. The molecule has 0 atom stereocenters. The first-order valence-corrected chi connectivity index (χ1v) is 10.5. The Morgan fingerprint density at radius 2 is 1.91 bits per heavy atom. The molecule has 176 valence electrons. The lowest BCUT2D eigenvalue weighted by molar-refractivity contribution is -0.137. The summed E-state index contributed by atoms with van der Waals surface area (Å²) in [5, 5.41) is 10.2. The van der Waals surface area contributed by atoms with E-state index in [1.54, 1.807) is 18.1 Å². The molecule has 10 heteroatoms. The number of aromatic nitrogens is 1. The number of nitrogens with zero attached hydrogens (tertiary/aromatic N) is 3. The molecule has 3 aromatic rings. The van der Waals surface area contributed by atoms with Gasteiger partial charge in [0.1, 0.15) is 5.82 Å². The van der Waals surface area contributed by atoms with Gasteiger partial charge in [-0.2, -0.15) is 13.2 Å². The standard InChI is InChI=1S/C23H24F4N4O2/c1-33-12-11-30-7-9-31(10-8-30)20-6-5-15(13-17(20)23(25,26)27)28-14-16-21-18(24)3-2-4-19(21)29-22(16)32/h2-6,13-14,29,32H,7-12H2,1H3. The van der Waals surface area contributed by atoms with Gasteiger partial charge in [0.05, 0.1) is 28.9 Å². The number of H-pyrrole nitrogens is 1. The number of benzene rings is 2. The number of anilines is 1. The minimum atomic E-state index is -4.57. The highest BCUT2D eigenvalue weighted by Crippen LogP contribution is 2.39. The van der Waals surface area contributed by atoms with Crippen molar-refractivity contribution >= 4 is 28.5 Å². The first-order valence-electron chi connectivity index (χ1n) is 10.5. The van der Waals surface area contributed by atoms with Gasteiger partial charge in [0.2, 0.25) is 0 Å². The maximum atomic E-state index is 14.2. The summed E-state index contributed by atoms with van der Waals surface area (Å²) in [6.07, 6.45) is -3.40. The lowest BCUT2D eigenvalue weighted by Crippen LogP contribution is -2.47. The van der Waals surface area contributed by atoms with Crippen LogP contribution < -0.4 is 4.90 Å². The fourth-order valence-electron chi connectivity index (χ4n) is 4.02. The molecule has 0 unspecified atom stereocenters. The van der Waals surface area contributed by atoms with Gasteiger partial charge in [0.25, 0.3) is 0 Å². The molecular weight excluding hydrogens is 440 g/mol. The number of rotatable bonds is 6. The smallest absolute Gasteiger partial charge is 0.418 e. The van der Waals surface area contributed by atoms with E-state index < -0.39 is 17.6 Å². The first kappa shape index (κ1) is 23.1. The number of hydrogen-bond acceptors (Lipinski definition) is 5. The van der Waals surface area contributed by atoms with Crippen molar-refractivity contribution in [1.29, 1.82) is 0 Å². The Hall–Kier alpha value is -3.11. The number of halogens is 4. The number of alkyl halides is 3. The quantitative estimate of drug-likeness (QED) is 0.415. The summed E-state index contributed by atoms with van der Waals surface area (Å²) in [5.74, 6) is -0.876. The van der Waals surface area contributed by atoms with Gasteiger partial charge in [-0.05, 0) is 30.3 Å². The number of hydrogen-bond donors (Lipinski definition) is 2. The Kier molecular flexibility index (Phi) is 6.57. The van der Waals surface area contributed by atoms with Gasteiger partial charge >= 0.3 is 6.18 Å². The molecule has 1 fully saturated rings. The van der Waals surface area contributed by atoms with Gasteiger partial charge in [0.15, 0.2) is 5.88 Å². The number of piperazine rings is 1. The third-order valence-corrected chi connectivity index (χ3v) is 5.74. The monoisotopic (exact) mass is 464 g/mol. The highest BCUT2D eigenvalue weighted by molar-refractivity contribution is 6.02. The summed E-state index contributed by atoms with van der Waals surface area (Å²) in [5.41, 5.74) is -0.182. The van der Waals surface area contributed by atoms with Crippen LogP contribution in [0.15, 0.2) is 41.4 Å². The number of fused-ring (bicyclic) bond motifs is 1. The minimum absolute atomic E-state index is 0.0508. The lowest BCUT2D eigenvalue weighted by Gasteiger charge is -2.37. The first-order chi connectivity index (χ1) is 15.8. The van der Waals surface area contributed by atoms with Gasteiger partial charge in [-0.1, -0.05) is 6.07 Å². The molecule has 2 heterocycles. The molecule has 1 aliphatic heterocycles. The summed E-state index contributed by atoms with van der Waals surface area (Å²) in [6, 6.07) is 8.18. The molecule has 1 aromatic heterocycles. The van der Waals surface area contributed by atoms with Crippen LogP contribution in [0.3, 0.4) is 0 Å². The molecule has 0 amide bonds. The van der Waals surface area contributed by atoms with Crippen LogP contribution in [0, 0.1) is 5.82 Å². The average molecular weight is 464 g/mol. The third-order valence-electron chi connectivity index (χ3n) is 5.74. The molecule has 0 aliphatic carbocycles. The second kappa shape index (κ2) is 9.40. The Balaban J connectivity index is 1.60. The van der Waals surface area contributed by atoms with Crippen LogP contribution >= 0.6 is 0 Å². The van der Waals surface area contributed by atoms with E-state index in [0.29, 0.717) is 38.3 Å². The highest BCUT2D eigenvalue weighted by Gasteiger charge is 2.36. The van der Waals surface area contributed by atoms with Crippen molar-refractivity contribution in [1.82, 2.24) is 9.88 Å². The number of nitrogens with one attached hydrogen (secondary N) is 1. The molecule has 6 nitrogen and oxygen atoms in total. The van der Waals surface area contributed by atoms with Crippen LogP contribution in [0.5, 0.6) is 5.88 Å². The maximum Gasteiger partial charge on any atom is 0.418 e. The zero-order valence-electron chi connectivity index (χ0n) is 18.0. The molecule has 33 heavy (non-hydrogen) atoms. The maximum absolute atomic E-state index is 14.2. The number of ether oxygens (including phenoxy) is 1. The van der Waals surface area contributed by atoms with Crippen LogP contribution in [0.4, 0.5) is 28.9 Å². The Morgan fingerprint density at radius 3 is 2.61 bits per heavy atom. The van der Waals surface area contributed by atoms with E-state index in [4.69, 9.17) is 4.74 Å². The molecule has 0 radical (unpaired) electrons. The summed E-state index contributed by atoms with van der Waals surface area (Å²) in [6.45, 7) is 3.55. The molecule has 2 N–H and O–H groups in total. The van der Waals surface area contributed by atoms with E-state index >= 15 is 0 Å². The summed E-state index contributed by atoms with van der Waals surface area (Å²) in [7, 11) is 1.62. The normalized spacial score (nSPS) is 15.7. The molecule has 2 aromatic carbocycles. The molecule has 1 saturated heterocycles. The average Bonchev–Trinajstić information content (AvgIpc) is 3.12. The number of aromatic amines is 1. The Bertz CT molecular complexity index is 1150. The van der Waals surface area contributed by atoms with E-state index in [9.17, 15) is 22.7 Å². The number of aromatic hydroxyl groups is 1. The van der Waals surface area contributed by atoms with Gasteiger partial charge in [-0.25, -0.2) is 4.39 Å². The van der Waals surface area contributed by atoms with Gasteiger partial charge < -0.3 is 19.7 Å².